The summed E-state index contributed by atoms with van der Waals surface area (Å²) >= 11 is 1.13. The van der Waals surface area contributed by atoms with Crippen molar-refractivity contribution in [3.63, 3.8) is 0 Å². The smallest absolute Gasteiger partial charge is 0.387 e. The van der Waals surface area contributed by atoms with Crippen molar-refractivity contribution in [1.82, 2.24) is 4.98 Å². The molecule has 0 unspecified atom stereocenters. The number of carbonyl (C=O) groups is 1. The molecule has 0 aliphatic carbocycles. The van der Waals surface area contributed by atoms with Crippen LogP contribution in [0.2, 0.25) is 0 Å². The van der Waals surface area contributed by atoms with Gasteiger partial charge in [-0.25, -0.2) is 18.5 Å². The fourth-order valence-electron chi connectivity index (χ4n) is 2.48. The van der Waals surface area contributed by atoms with Crippen LogP contribution in [0.4, 0.5) is 13.9 Å². The molecule has 1 heterocycles. The van der Waals surface area contributed by atoms with Crippen molar-refractivity contribution in [3.8, 4) is 17.0 Å². The van der Waals surface area contributed by atoms with E-state index in [-0.39, 0.29) is 28.1 Å². The van der Waals surface area contributed by atoms with Gasteiger partial charge in [-0.15, -0.1) is 11.3 Å². The summed E-state index contributed by atoms with van der Waals surface area (Å²) in [5.41, 5.74) is 1.35. The topological polar surface area (TPSA) is 111 Å². The summed E-state index contributed by atoms with van der Waals surface area (Å²) in [6.07, 6.45) is -0.00903. The van der Waals surface area contributed by atoms with E-state index < -0.39 is 16.6 Å². The number of nitrogens with two attached hydrogens (primary N) is 1. The van der Waals surface area contributed by atoms with E-state index in [9.17, 15) is 22.0 Å². The molecule has 1 aromatic heterocycles. The molecule has 0 bridgehead atoms. The van der Waals surface area contributed by atoms with Gasteiger partial charge in [0.05, 0.1) is 17.0 Å². The number of carbonyl (C=O) groups excluding carboxylic acids is 1. The SMILES string of the molecule is NS(=O)(=O)c1ccc(CC(=O)Nc2nc(-c3ccccc3OC(F)F)cs2)cc1. The van der Waals surface area contributed by atoms with Crippen molar-refractivity contribution in [2.75, 3.05) is 5.32 Å². The predicted molar refractivity (Wildman–Crippen MR) is 104 cm³/mol. The highest BCUT2D eigenvalue weighted by atomic mass is 32.2. The van der Waals surface area contributed by atoms with Gasteiger partial charge < -0.3 is 10.1 Å². The van der Waals surface area contributed by atoms with Crippen LogP contribution in [-0.2, 0) is 21.2 Å². The molecule has 0 saturated carbocycles. The molecule has 0 radical (unpaired) electrons. The van der Waals surface area contributed by atoms with E-state index in [4.69, 9.17) is 5.14 Å². The third kappa shape index (κ3) is 5.56. The minimum absolute atomic E-state index is 0.00903. The number of aromatic nitrogens is 1. The molecule has 0 atom stereocenters. The molecule has 0 saturated heterocycles. The highest BCUT2D eigenvalue weighted by molar-refractivity contribution is 7.89. The van der Waals surface area contributed by atoms with Crippen LogP contribution in [0.15, 0.2) is 58.8 Å². The van der Waals surface area contributed by atoms with Crippen molar-refractivity contribution in [2.24, 2.45) is 5.14 Å². The third-order valence-corrected chi connectivity index (χ3v) is 5.43. The van der Waals surface area contributed by atoms with Crippen molar-refractivity contribution in [3.05, 3.63) is 59.5 Å². The number of hydrogen-bond donors (Lipinski definition) is 2. The number of benzene rings is 2. The van der Waals surface area contributed by atoms with Crippen LogP contribution in [0, 0.1) is 0 Å². The van der Waals surface area contributed by atoms with E-state index in [0.717, 1.165) is 11.3 Å². The van der Waals surface area contributed by atoms with Crippen LogP contribution in [0.1, 0.15) is 5.56 Å². The lowest BCUT2D eigenvalue weighted by molar-refractivity contribution is -0.115. The van der Waals surface area contributed by atoms with Crippen LogP contribution < -0.4 is 15.2 Å². The third-order valence-electron chi connectivity index (χ3n) is 3.75. The van der Waals surface area contributed by atoms with E-state index in [1.807, 2.05) is 0 Å². The Morgan fingerprint density at radius 1 is 1.17 bits per heavy atom. The second-order valence-corrected chi connectivity index (χ2v) is 8.25. The van der Waals surface area contributed by atoms with Gasteiger partial charge in [0.1, 0.15) is 5.75 Å². The van der Waals surface area contributed by atoms with Crippen LogP contribution in [-0.4, -0.2) is 25.9 Å². The number of primary sulfonamides is 1. The van der Waals surface area contributed by atoms with Gasteiger partial charge in [0.25, 0.3) is 0 Å². The minimum atomic E-state index is -3.80. The lowest BCUT2D eigenvalue weighted by Gasteiger charge is -2.08. The summed E-state index contributed by atoms with van der Waals surface area (Å²) in [6.45, 7) is -2.96. The van der Waals surface area contributed by atoms with Gasteiger partial charge in [-0.1, -0.05) is 24.3 Å². The van der Waals surface area contributed by atoms with Crippen molar-refractivity contribution in [2.45, 2.75) is 17.9 Å². The van der Waals surface area contributed by atoms with Gasteiger partial charge in [0, 0.05) is 10.9 Å². The Labute approximate surface area is 169 Å². The second kappa shape index (κ2) is 8.64. The van der Waals surface area contributed by atoms with Crippen LogP contribution >= 0.6 is 11.3 Å². The Kier molecular flexibility index (Phi) is 6.20. The van der Waals surface area contributed by atoms with Crippen LogP contribution in [0.5, 0.6) is 5.75 Å². The van der Waals surface area contributed by atoms with Crippen LogP contribution in [0.3, 0.4) is 0 Å². The molecule has 1 amide bonds. The summed E-state index contributed by atoms with van der Waals surface area (Å²) in [6, 6.07) is 11.8. The summed E-state index contributed by atoms with van der Waals surface area (Å²) in [4.78, 5) is 16.4. The highest BCUT2D eigenvalue weighted by Crippen LogP contribution is 2.33. The fourth-order valence-corrected chi connectivity index (χ4v) is 3.72. The number of nitrogens with one attached hydrogen (secondary N) is 1. The van der Waals surface area contributed by atoms with E-state index in [2.05, 4.69) is 15.0 Å². The number of amides is 1. The highest BCUT2D eigenvalue weighted by Gasteiger charge is 2.15. The monoisotopic (exact) mass is 439 g/mol. The van der Waals surface area contributed by atoms with Gasteiger partial charge in [-0.3, -0.25) is 4.79 Å². The Balaban J connectivity index is 1.68. The van der Waals surface area contributed by atoms with Gasteiger partial charge >= 0.3 is 6.61 Å². The Morgan fingerprint density at radius 3 is 2.52 bits per heavy atom. The molecule has 29 heavy (non-hydrogen) atoms. The van der Waals surface area contributed by atoms with Gasteiger partial charge in [0.2, 0.25) is 15.9 Å². The summed E-state index contributed by atoms with van der Waals surface area (Å²) < 4.78 is 52.1. The van der Waals surface area contributed by atoms with Crippen molar-refractivity contribution >= 4 is 32.4 Å². The maximum Gasteiger partial charge on any atom is 0.387 e. The van der Waals surface area contributed by atoms with Crippen LogP contribution in [0.25, 0.3) is 11.3 Å². The Hall–Kier alpha value is -2.89. The maximum absolute atomic E-state index is 12.6. The molecular weight excluding hydrogens is 424 g/mol. The van der Waals surface area contributed by atoms with Crippen molar-refractivity contribution in [1.29, 1.82) is 0 Å². The number of alkyl halides is 2. The number of thiazole rings is 1. The predicted octanol–water partition coefficient (Wildman–Crippen LogP) is 3.24. The normalized spacial score (nSPS) is 11.4. The average molecular weight is 439 g/mol. The molecular formula is C18H15F2N3O4S2. The number of rotatable bonds is 7. The summed E-state index contributed by atoms with van der Waals surface area (Å²) in [5.74, 6) is -0.382. The van der Waals surface area contributed by atoms with E-state index in [0.29, 0.717) is 16.8 Å². The first kappa shape index (κ1) is 20.8. The number of anilines is 1. The standard InChI is InChI=1S/C18H15F2N3O4S2/c19-17(20)27-15-4-2-1-3-13(15)14-10-28-18(22-14)23-16(24)9-11-5-7-12(8-6-11)29(21,25)26/h1-8,10,17H,9H2,(H2,21,25,26)(H,22,23,24). The molecule has 0 aliphatic heterocycles. The summed E-state index contributed by atoms with van der Waals surface area (Å²) in [7, 11) is -3.80. The average Bonchev–Trinajstić information content (AvgIpc) is 3.09. The number of para-hydroxylation sites is 1. The molecule has 2 aromatic carbocycles. The zero-order valence-electron chi connectivity index (χ0n) is 14.7. The molecule has 0 aliphatic rings. The second-order valence-electron chi connectivity index (χ2n) is 5.83. The number of sulfonamides is 1. The maximum atomic E-state index is 12.6. The Bertz CT molecular complexity index is 1120. The molecule has 0 spiro atoms. The quantitative estimate of drug-likeness (QED) is 0.587. The van der Waals surface area contributed by atoms with Gasteiger partial charge in [-0.2, -0.15) is 8.78 Å². The summed E-state index contributed by atoms with van der Waals surface area (Å²) in [5, 5.41) is 9.56. The van der Waals surface area contributed by atoms with E-state index in [1.165, 1.54) is 30.3 Å². The van der Waals surface area contributed by atoms with Crippen molar-refractivity contribution < 1.29 is 26.7 Å². The molecule has 152 valence electrons. The number of nitrogens with zero attached hydrogens (tertiary/aromatic N) is 1. The Morgan fingerprint density at radius 2 is 1.86 bits per heavy atom. The molecule has 3 aromatic rings. The van der Waals surface area contributed by atoms with Gasteiger partial charge in [0.15, 0.2) is 5.13 Å². The number of halogens is 2. The zero-order chi connectivity index (χ0) is 21.0. The molecule has 0 fully saturated rings. The van der Waals surface area contributed by atoms with Gasteiger partial charge in [-0.05, 0) is 29.8 Å². The minimum Gasteiger partial charge on any atom is -0.434 e. The lowest BCUT2D eigenvalue weighted by atomic mass is 10.1. The first-order chi connectivity index (χ1) is 13.7. The first-order valence-electron chi connectivity index (χ1n) is 8.14. The number of hydrogen-bond acceptors (Lipinski definition) is 6. The molecule has 7 nitrogen and oxygen atoms in total. The fraction of sp³-hybridized carbons (Fsp3) is 0.111. The zero-order valence-corrected chi connectivity index (χ0v) is 16.3. The lowest BCUT2D eigenvalue weighted by Crippen LogP contribution is -2.15. The van der Waals surface area contributed by atoms with E-state index >= 15 is 0 Å². The molecule has 3 N–H and O–H groups in total. The largest absolute Gasteiger partial charge is 0.434 e. The first-order valence-corrected chi connectivity index (χ1v) is 10.6. The van der Waals surface area contributed by atoms with E-state index in [1.54, 1.807) is 23.6 Å². The molecule has 11 heteroatoms. The molecule has 3 rings (SSSR count). The number of ether oxygens (including phenoxy) is 1.